The summed E-state index contributed by atoms with van der Waals surface area (Å²) < 4.78 is 25.1. The molecule has 0 radical (unpaired) electrons. The Kier molecular flexibility index (Phi) is 7.60. The molecular weight excluding hydrogens is 569 g/mol. The molecule has 0 bridgehead atoms. The highest BCUT2D eigenvalue weighted by atomic mass is 79.9. The number of nitro groups is 1. The summed E-state index contributed by atoms with van der Waals surface area (Å²) in [5.74, 6) is -1.23. The lowest BCUT2D eigenvalue weighted by atomic mass is 10.1. The number of halogens is 2. The Morgan fingerprint density at radius 2 is 1.86 bits per heavy atom. The smallest absolute Gasteiger partial charge is 0.270 e. The number of carbonyl (C=O) groups is 2. The number of nitrogens with one attached hydrogen (secondary N) is 1. The minimum atomic E-state index is -0.690. The molecule has 3 aromatic carbocycles. The summed E-state index contributed by atoms with van der Waals surface area (Å²) in [7, 11) is 1.42. The Hall–Kier alpha value is -4.16. The van der Waals surface area contributed by atoms with Gasteiger partial charge in [-0.1, -0.05) is 28.1 Å². The van der Waals surface area contributed by atoms with E-state index in [2.05, 4.69) is 21.2 Å². The van der Waals surface area contributed by atoms with Crippen LogP contribution in [-0.2, 0) is 16.2 Å². The van der Waals surface area contributed by atoms with Crippen molar-refractivity contribution in [2.45, 2.75) is 6.61 Å². The van der Waals surface area contributed by atoms with Gasteiger partial charge in [0, 0.05) is 16.6 Å². The van der Waals surface area contributed by atoms with Crippen LogP contribution in [0.2, 0.25) is 0 Å². The Bertz CT molecular complexity index is 1460. The van der Waals surface area contributed by atoms with E-state index in [4.69, 9.17) is 21.7 Å². The van der Waals surface area contributed by atoms with Gasteiger partial charge < -0.3 is 9.47 Å². The molecule has 0 unspecified atom stereocenters. The first-order valence-electron chi connectivity index (χ1n) is 10.6. The molecule has 9 nitrogen and oxygen atoms in total. The summed E-state index contributed by atoms with van der Waals surface area (Å²) in [6, 6.07) is 14.3. The zero-order chi connectivity index (χ0) is 26.7. The predicted octanol–water partition coefficient (Wildman–Crippen LogP) is 4.92. The molecule has 1 saturated heterocycles. The third kappa shape index (κ3) is 5.65. The molecule has 3 aromatic rings. The third-order valence-corrected chi connectivity index (χ3v) is 6.26. The SMILES string of the molecule is COc1cc(/C=C2/C(=O)NC(=S)N(c3ccc(F)cc3)C2=O)c(Br)cc1OCc1cccc([N+](=O)[O-])c1. The van der Waals surface area contributed by atoms with E-state index < -0.39 is 22.6 Å². The molecule has 4 rings (SSSR count). The second-order valence-corrected chi connectivity index (χ2v) is 8.92. The minimum Gasteiger partial charge on any atom is -0.493 e. The number of amides is 2. The van der Waals surface area contributed by atoms with Crippen LogP contribution in [0.5, 0.6) is 11.5 Å². The number of hydrogen-bond acceptors (Lipinski definition) is 7. The van der Waals surface area contributed by atoms with Crippen molar-refractivity contribution in [3.63, 3.8) is 0 Å². The molecule has 2 amide bonds. The Morgan fingerprint density at radius 1 is 1.14 bits per heavy atom. The van der Waals surface area contributed by atoms with Gasteiger partial charge in [0.25, 0.3) is 17.5 Å². The fourth-order valence-corrected chi connectivity index (χ4v) is 4.21. The fourth-order valence-electron chi connectivity index (χ4n) is 3.49. The van der Waals surface area contributed by atoms with Gasteiger partial charge in [0.15, 0.2) is 16.6 Å². The van der Waals surface area contributed by atoms with Crippen molar-refractivity contribution < 1.29 is 28.4 Å². The van der Waals surface area contributed by atoms with Crippen LogP contribution in [0.15, 0.2) is 70.7 Å². The quantitative estimate of drug-likeness (QED) is 0.138. The van der Waals surface area contributed by atoms with Crippen LogP contribution in [0.1, 0.15) is 11.1 Å². The largest absolute Gasteiger partial charge is 0.493 e. The molecule has 1 fully saturated rings. The number of anilines is 1. The molecule has 0 spiro atoms. The number of non-ortho nitro benzene ring substituents is 1. The number of thiocarbonyl (C=S) groups is 1. The number of benzene rings is 3. The molecule has 1 aliphatic heterocycles. The van der Waals surface area contributed by atoms with E-state index in [0.29, 0.717) is 32.8 Å². The standard InChI is InChI=1S/C25H17BrFN3O6S/c1-35-21-11-15(20(26)12-22(21)36-13-14-3-2-4-18(9-14)30(33)34)10-19-23(31)28-25(37)29(24(19)32)17-7-5-16(27)6-8-17/h2-12H,13H2,1H3,(H,28,31,37)/b19-10-. The molecule has 1 N–H and O–H groups in total. The molecule has 0 saturated carbocycles. The van der Waals surface area contributed by atoms with Crippen LogP contribution >= 0.6 is 28.1 Å². The van der Waals surface area contributed by atoms with Crippen LogP contribution in [0, 0.1) is 15.9 Å². The average molecular weight is 586 g/mol. The lowest BCUT2D eigenvalue weighted by molar-refractivity contribution is -0.384. The molecule has 1 heterocycles. The van der Waals surface area contributed by atoms with Crippen molar-refractivity contribution in [1.82, 2.24) is 5.32 Å². The maximum atomic E-state index is 13.4. The highest BCUT2D eigenvalue weighted by molar-refractivity contribution is 9.10. The van der Waals surface area contributed by atoms with Crippen LogP contribution in [0.4, 0.5) is 15.8 Å². The van der Waals surface area contributed by atoms with Gasteiger partial charge >= 0.3 is 0 Å². The van der Waals surface area contributed by atoms with E-state index in [1.807, 2.05) is 0 Å². The van der Waals surface area contributed by atoms with E-state index in [1.54, 1.807) is 24.3 Å². The number of ether oxygens (including phenoxy) is 2. The summed E-state index contributed by atoms with van der Waals surface area (Å²) in [5, 5.41) is 13.4. The van der Waals surface area contributed by atoms with Gasteiger partial charge in [-0.3, -0.25) is 29.9 Å². The van der Waals surface area contributed by atoms with Crippen LogP contribution < -0.4 is 19.7 Å². The van der Waals surface area contributed by atoms with Crippen molar-refractivity contribution in [1.29, 1.82) is 0 Å². The number of nitro benzene ring substituents is 1. The summed E-state index contributed by atoms with van der Waals surface area (Å²) in [4.78, 5) is 37.4. The first-order chi connectivity index (χ1) is 17.7. The lowest BCUT2D eigenvalue weighted by Gasteiger charge is -2.29. The zero-order valence-corrected chi connectivity index (χ0v) is 21.5. The van der Waals surface area contributed by atoms with Crippen molar-refractivity contribution in [3.8, 4) is 11.5 Å². The second kappa shape index (κ2) is 10.8. The highest BCUT2D eigenvalue weighted by Gasteiger charge is 2.34. The Balaban J connectivity index is 1.62. The first-order valence-corrected chi connectivity index (χ1v) is 11.8. The van der Waals surface area contributed by atoms with Crippen molar-refractivity contribution in [2.24, 2.45) is 0 Å². The average Bonchev–Trinajstić information content (AvgIpc) is 2.87. The normalized spacial score (nSPS) is 14.5. The van der Waals surface area contributed by atoms with E-state index in [1.165, 1.54) is 49.6 Å². The topological polar surface area (TPSA) is 111 Å². The first kappa shape index (κ1) is 25.9. The Labute approximate surface area is 223 Å². The number of rotatable bonds is 7. The van der Waals surface area contributed by atoms with Gasteiger partial charge in [-0.05, 0) is 65.8 Å². The second-order valence-electron chi connectivity index (χ2n) is 7.67. The maximum Gasteiger partial charge on any atom is 0.270 e. The molecule has 1 aliphatic rings. The van der Waals surface area contributed by atoms with Crippen LogP contribution in [-0.4, -0.2) is 29.0 Å². The molecule has 188 valence electrons. The molecule has 0 atom stereocenters. The predicted molar refractivity (Wildman–Crippen MR) is 141 cm³/mol. The summed E-state index contributed by atoms with van der Waals surface area (Å²) >= 11 is 8.58. The molecule has 0 aromatic heterocycles. The highest BCUT2D eigenvalue weighted by Crippen LogP contribution is 2.36. The maximum absolute atomic E-state index is 13.4. The van der Waals surface area contributed by atoms with Gasteiger partial charge in [-0.25, -0.2) is 4.39 Å². The number of nitrogens with zero attached hydrogens (tertiary/aromatic N) is 2. The van der Waals surface area contributed by atoms with Gasteiger partial charge in [0.2, 0.25) is 0 Å². The van der Waals surface area contributed by atoms with Crippen molar-refractivity contribution in [2.75, 3.05) is 12.0 Å². The minimum absolute atomic E-state index is 0.0376. The summed E-state index contributed by atoms with van der Waals surface area (Å²) in [6.45, 7) is 0.0376. The number of hydrogen-bond donors (Lipinski definition) is 1. The molecule has 0 aliphatic carbocycles. The van der Waals surface area contributed by atoms with Crippen LogP contribution in [0.25, 0.3) is 6.08 Å². The van der Waals surface area contributed by atoms with Crippen LogP contribution in [0.3, 0.4) is 0 Å². The van der Waals surface area contributed by atoms with Gasteiger partial charge in [-0.15, -0.1) is 0 Å². The summed E-state index contributed by atoms with van der Waals surface area (Å²) in [5.41, 5.74) is 1.06. The molecular formula is C25H17BrFN3O6S. The Morgan fingerprint density at radius 3 is 2.54 bits per heavy atom. The van der Waals surface area contributed by atoms with Gasteiger partial charge in [-0.2, -0.15) is 0 Å². The molecule has 37 heavy (non-hydrogen) atoms. The zero-order valence-electron chi connectivity index (χ0n) is 19.1. The fraction of sp³-hybridized carbons (Fsp3) is 0.0800. The third-order valence-electron chi connectivity index (χ3n) is 5.29. The van der Waals surface area contributed by atoms with E-state index in [-0.39, 0.29) is 23.0 Å². The van der Waals surface area contributed by atoms with Gasteiger partial charge in [0.1, 0.15) is 18.0 Å². The lowest BCUT2D eigenvalue weighted by Crippen LogP contribution is -2.54. The van der Waals surface area contributed by atoms with Crippen molar-refractivity contribution in [3.05, 3.63) is 97.8 Å². The van der Waals surface area contributed by atoms with E-state index in [9.17, 15) is 24.1 Å². The molecule has 12 heteroatoms. The number of carbonyl (C=O) groups excluding carboxylic acids is 2. The van der Waals surface area contributed by atoms with E-state index >= 15 is 0 Å². The van der Waals surface area contributed by atoms with Crippen molar-refractivity contribution >= 4 is 62.5 Å². The number of methoxy groups -OCH3 is 1. The van der Waals surface area contributed by atoms with E-state index in [0.717, 1.165) is 4.90 Å². The monoisotopic (exact) mass is 585 g/mol. The summed E-state index contributed by atoms with van der Waals surface area (Å²) in [6.07, 6.45) is 1.37. The van der Waals surface area contributed by atoms with Gasteiger partial charge in [0.05, 0.1) is 17.7 Å².